The summed E-state index contributed by atoms with van der Waals surface area (Å²) in [6.45, 7) is 0. The summed E-state index contributed by atoms with van der Waals surface area (Å²) in [5.41, 5.74) is 0.876. The zero-order valence-corrected chi connectivity index (χ0v) is 10.6. The fourth-order valence-electron chi connectivity index (χ4n) is 1.71. The Kier molecular flexibility index (Phi) is 2.76. The van der Waals surface area contributed by atoms with E-state index < -0.39 is 0 Å². The molecule has 0 spiro atoms. The van der Waals surface area contributed by atoms with Crippen LogP contribution in [-0.4, -0.2) is 10.9 Å². The summed E-state index contributed by atoms with van der Waals surface area (Å²) in [7, 11) is 0. The van der Waals surface area contributed by atoms with Crippen LogP contribution in [0, 0.1) is 5.92 Å². The number of nitrogens with one attached hydrogen (secondary N) is 1. The lowest BCUT2D eigenvalue weighted by Crippen LogP contribution is -2.11. The molecule has 88 valence electrons. The van der Waals surface area contributed by atoms with Gasteiger partial charge in [-0.1, -0.05) is 22.9 Å². The standard InChI is InChI=1S/C12H11ClN2OS/c13-8-3-4-9-10(6-8)17-12(14-9)15-11(16)5-7-1-2-7/h3-4,6-7H,1-2,5H2,(H,14,15,16). The molecule has 0 radical (unpaired) electrons. The van der Waals surface area contributed by atoms with Gasteiger partial charge in [-0.25, -0.2) is 4.98 Å². The second-order valence-corrected chi connectivity index (χ2v) is 5.79. The molecule has 1 fully saturated rings. The molecule has 1 amide bonds. The molecule has 0 saturated heterocycles. The summed E-state index contributed by atoms with van der Waals surface area (Å²) >= 11 is 7.36. The fourth-order valence-corrected chi connectivity index (χ4v) is 2.86. The molecule has 17 heavy (non-hydrogen) atoms. The number of benzene rings is 1. The largest absolute Gasteiger partial charge is 0.302 e. The predicted octanol–water partition coefficient (Wildman–Crippen LogP) is 3.69. The highest BCUT2D eigenvalue weighted by Gasteiger charge is 2.24. The zero-order chi connectivity index (χ0) is 11.8. The predicted molar refractivity (Wildman–Crippen MR) is 70.6 cm³/mol. The lowest BCUT2D eigenvalue weighted by molar-refractivity contribution is -0.116. The Morgan fingerprint density at radius 1 is 1.53 bits per heavy atom. The third-order valence-corrected chi connectivity index (χ3v) is 3.94. The molecule has 0 atom stereocenters. The van der Waals surface area contributed by atoms with E-state index in [2.05, 4.69) is 10.3 Å². The van der Waals surface area contributed by atoms with Crippen molar-refractivity contribution in [2.75, 3.05) is 5.32 Å². The normalized spacial score (nSPS) is 15.1. The average Bonchev–Trinajstić information content (AvgIpc) is 2.97. The minimum Gasteiger partial charge on any atom is -0.302 e. The molecule has 0 bridgehead atoms. The van der Waals surface area contributed by atoms with Crippen molar-refractivity contribution in [3.05, 3.63) is 23.2 Å². The number of hydrogen-bond acceptors (Lipinski definition) is 3. The minimum atomic E-state index is 0.0673. The molecule has 1 heterocycles. The van der Waals surface area contributed by atoms with E-state index in [9.17, 15) is 4.79 Å². The van der Waals surface area contributed by atoms with Gasteiger partial charge in [0.2, 0.25) is 5.91 Å². The van der Waals surface area contributed by atoms with Crippen LogP contribution in [0.3, 0.4) is 0 Å². The van der Waals surface area contributed by atoms with Crippen LogP contribution in [0.5, 0.6) is 0 Å². The van der Waals surface area contributed by atoms with Crippen LogP contribution in [0.15, 0.2) is 18.2 Å². The maximum atomic E-state index is 11.6. The molecule has 5 heteroatoms. The van der Waals surface area contributed by atoms with Gasteiger partial charge in [0, 0.05) is 11.4 Å². The molecular weight excluding hydrogens is 256 g/mol. The summed E-state index contributed by atoms with van der Waals surface area (Å²) in [5.74, 6) is 0.663. The molecule has 2 aromatic rings. The van der Waals surface area contributed by atoms with Gasteiger partial charge in [-0.05, 0) is 37.0 Å². The Balaban J connectivity index is 1.77. The topological polar surface area (TPSA) is 42.0 Å². The van der Waals surface area contributed by atoms with E-state index in [1.807, 2.05) is 12.1 Å². The minimum absolute atomic E-state index is 0.0673. The number of hydrogen-bond donors (Lipinski definition) is 1. The Hall–Kier alpha value is -1.13. The van der Waals surface area contributed by atoms with Crippen molar-refractivity contribution in [2.24, 2.45) is 5.92 Å². The number of carbonyl (C=O) groups is 1. The molecular formula is C12H11ClN2OS. The third-order valence-electron chi connectivity index (χ3n) is 2.77. The number of thiazole rings is 1. The van der Waals surface area contributed by atoms with Gasteiger partial charge in [0.15, 0.2) is 5.13 Å². The van der Waals surface area contributed by atoms with Gasteiger partial charge in [0.05, 0.1) is 10.2 Å². The number of amides is 1. The number of anilines is 1. The first kappa shape index (κ1) is 11.0. The molecule has 0 aliphatic heterocycles. The number of carbonyl (C=O) groups excluding carboxylic acids is 1. The van der Waals surface area contributed by atoms with Crippen molar-refractivity contribution in [1.29, 1.82) is 0 Å². The Morgan fingerprint density at radius 2 is 2.35 bits per heavy atom. The first-order valence-corrected chi connectivity index (χ1v) is 6.76. The molecule has 1 aliphatic carbocycles. The van der Waals surface area contributed by atoms with Gasteiger partial charge in [-0.2, -0.15) is 0 Å². The van der Waals surface area contributed by atoms with E-state index >= 15 is 0 Å². The van der Waals surface area contributed by atoms with Crippen LogP contribution in [0.4, 0.5) is 5.13 Å². The summed E-state index contributed by atoms with van der Waals surface area (Å²) in [6.07, 6.45) is 2.99. The van der Waals surface area contributed by atoms with Gasteiger partial charge in [-0.3, -0.25) is 4.79 Å². The smallest absolute Gasteiger partial charge is 0.226 e. The van der Waals surface area contributed by atoms with Crippen LogP contribution >= 0.6 is 22.9 Å². The van der Waals surface area contributed by atoms with Crippen LogP contribution in [0.1, 0.15) is 19.3 Å². The highest BCUT2D eigenvalue weighted by molar-refractivity contribution is 7.22. The number of fused-ring (bicyclic) bond motifs is 1. The molecule has 3 rings (SSSR count). The summed E-state index contributed by atoms with van der Waals surface area (Å²) in [4.78, 5) is 16.0. The Bertz CT molecular complexity index is 577. The number of halogens is 1. The maximum Gasteiger partial charge on any atom is 0.226 e. The second kappa shape index (κ2) is 4.27. The van der Waals surface area contributed by atoms with Gasteiger partial charge < -0.3 is 5.32 Å². The average molecular weight is 267 g/mol. The lowest BCUT2D eigenvalue weighted by Gasteiger charge is -1.98. The summed E-state index contributed by atoms with van der Waals surface area (Å²) in [6, 6.07) is 5.54. The third kappa shape index (κ3) is 2.58. The molecule has 1 aromatic heterocycles. The number of nitrogens with zero attached hydrogens (tertiary/aromatic N) is 1. The SMILES string of the molecule is O=C(CC1CC1)Nc1nc2ccc(Cl)cc2s1. The number of aromatic nitrogens is 1. The van der Waals surface area contributed by atoms with Crippen LogP contribution in [0.2, 0.25) is 5.02 Å². The van der Waals surface area contributed by atoms with Crippen molar-refractivity contribution < 1.29 is 4.79 Å². The van der Waals surface area contributed by atoms with Crippen molar-refractivity contribution in [2.45, 2.75) is 19.3 Å². The van der Waals surface area contributed by atoms with Crippen molar-refractivity contribution >= 4 is 44.2 Å². The highest BCUT2D eigenvalue weighted by atomic mass is 35.5. The molecule has 3 nitrogen and oxygen atoms in total. The highest BCUT2D eigenvalue weighted by Crippen LogP contribution is 2.33. The van der Waals surface area contributed by atoms with E-state index in [1.165, 1.54) is 24.2 Å². The van der Waals surface area contributed by atoms with Gasteiger partial charge in [0.1, 0.15) is 0 Å². The Labute approximate surface area is 108 Å². The maximum absolute atomic E-state index is 11.6. The van der Waals surface area contributed by atoms with Crippen LogP contribution in [0.25, 0.3) is 10.2 Å². The van der Waals surface area contributed by atoms with Gasteiger partial charge >= 0.3 is 0 Å². The fraction of sp³-hybridized carbons (Fsp3) is 0.333. The van der Waals surface area contributed by atoms with Crippen LogP contribution in [-0.2, 0) is 4.79 Å². The molecule has 1 N–H and O–H groups in total. The summed E-state index contributed by atoms with van der Waals surface area (Å²) < 4.78 is 0.999. The monoisotopic (exact) mass is 266 g/mol. The molecule has 1 aliphatic rings. The van der Waals surface area contributed by atoms with Crippen molar-refractivity contribution in [3.8, 4) is 0 Å². The molecule has 0 unspecified atom stereocenters. The first-order chi connectivity index (χ1) is 8.20. The van der Waals surface area contributed by atoms with E-state index in [4.69, 9.17) is 11.6 Å². The van der Waals surface area contributed by atoms with Crippen LogP contribution < -0.4 is 5.32 Å². The van der Waals surface area contributed by atoms with Crippen molar-refractivity contribution in [3.63, 3.8) is 0 Å². The summed E-state index contributed by atoms with van der Waals surface area (Å²) in [5, 5.41) is 4.20. The van der Waals surface area contributed by atoms with Gasteiger partial charge in [0.25, 0.3) is 0 Å². The molecule has 1 saturated carbocycles. The first-order valence-electron chi connectivity index (χ1n) is 5.56. The van der Waals surface area contributed by atoms with Crippen molar-refractivity contribution in [1.82, 2.24) is 4.98 Å². The second-order valence-electron chi connectivity index (χ2n) is 4.33. The van der Waals surface area contributed by atoms with E-state index in [0.717, 1.165) is 10.2 Å². The van der Waals surface area contributed by atoms with E-state index in [-0.39, 0.29) is 5.91 Å². The number of rotatable bonds is 3. The quantitative estimate of drug-likeness (QED) is 0.921. The molecule has 1 aromatic carbocycles. The van der Waals surface area contributed by atoms with E-state index in [1.54, 1.807) is 6.07 Å². The lowest BCUT2D eigenvalue weighted by atomic mass is 10.3. The van der Waals surface area contributed by atoms with E-state index in [0.29, 0.717) is 22.5 Å². The van der Waals surface area contributed by atoms with Gasteiger partial charge in [-0.15, -0.1) is 0 Å². The zero-order valence-electron chi connectivity index (χ0n) is 9.07. The Morgan fingerprint density at radius 3 is 3.12 bits per heavy atom.